The minimum Gasteiger partial charge on any atom is -0.308 e. The van der Waals surface area contributed by atoms with Crippen LogP contribution in [0.4, 0.5) is 0 Å². The number of para-hydroxylation sites is 1. The summed E-state index contributed by atoms with van der Waals surface area (Å²) in [7, 11) is 0. The molecule has 0 N–H and O–H groups in total. The fourth-order valence-electron chi connectivity index (χ4n) is 2.99. The van der Waals surface area contributed by atoms with Gasteiger partial charge in [-0.15, -0.1) is 12.3 Å². The van der Waals surface area contributed by atoms with Crippen LogP contribution in [-0.2, 0) is 6.54 Å². The Labute approximate surface area is 130 Å². The van der Waals surface area contributed by atoms with Crippen molar-refractivity contribution in [3.63, 3.8) is 0 Å². The standard InChI is InChI=1S/C20H19NO/c1-2-3-4-5-10-15-21-19-14-9-8-12-17(19)16-11-6-7-13-18(16)20(21)22/h1,6-9,11-14H,3-5,10,15H2. The smallest absolute Gasteiger partial charge is 0.258 e. The molecule has 0 saturated heterocycles. The summed E-state index contributed by atoms with van der Waals surface area (Å²) in [5.41, 5.74) is 1.12. The number of hydrogen-bond donors (Lipinski definition) is 0. The van der Waals surface area contributed by atoms with Gasteiger partial charge in [-0.2, -0.15) is 0 Å². The van der Waals surface area contributed by atoms with E-state index in [2.05, 4.69) is 12.0 Å². The molecule has 1 heterocycles. The van der Waals surface area contributed by atoms with E-state index in [4.69, 9.17) is 6.42 Å². The second-order valence-electron chi connectivity index (χ2n) is 5.53. The Morgan fingerprint density at radius 3 is 2.32 bits per heavy atom. The topological polar surface area (TPSA) is 22.0 Å². The van der Waals surface area contributed by atoms with Gasteiger partial charge < -0.3 is 4.57 Å². The largest absolute Gasteiger partial charge is 0.308 e. The molecule has 0 radical (unpaired) electrons. The van der Waals surface area contributed by atoms with Crippen LogP contribution in [0.1, 0.15) is 25.7 Å². The Balaban J connectivity index is 2.06. The maximum Gasteiger partial charge on any atom is 0.258 e. The molecule has 110 valence electrons. The summed E-state index contributed by atoms with van der Waals surface area (Å²) in [6.45, 7) is 0.745. The van der Waals surface area contributed by atoms with Gasteiger partial charge in [0, 0.05) is 23.7 Å². The molecular weight excluding hydrogens is 270 g/mol. The summed E-state index contributed by atoms with van der Waals surface area (Å²) in [6, 6.07) is 16.0. The van der Waals surface area contributed by atoms with Crippen LogP contribution in [0.2, 0.25) is 0 Å². The molecule has 0 aliphatic rings. The Hall–Kier alpha value is -2.53. The van der Waals surface area contributed by atoms with Crippen LogP contribution in [-0.4, -0.2) is 4.57 Å². The van der Waals surface area contributed by atoms with Gasteiger partial charge in [-0.05, 0) is 30.4 Å². The third kappa shape index (κ3) is 2.63. The van der Waals surface area contributed by atoms with Gasteiger partial charge in [0.2, 0.25) is 0 Å². The molecule has 1 aromatic heterocycles. The van der Waals surface area contributed by atoms with Gasteiger partial charge in [0.05, 0.1) is 5.52 Å². The third-order valence-corrected chi connectivity index (χ3v) is 4.09. The lowest BCUT2D eigenvalue weighted by atomic mass is 10.1. The normalized spacial score (nSPS) is 10.9. The van der Waals surface area contributed by atoms with Crippen molar-refractivity contribution < 1.29 is 0 Å². The first kappa shape index (κ1) is 14.4. The molecule has 2 aromatic carbocycles. The summed E-state index contributed by atoms with van der Waals surface area (Å²) in [4.78, 5) is 12.8. The van der Waals surface area contributed by atoms with Gasteiger partial charge in [-0.25, -0.2) is 0 Å². The Morgan fingerprint density at radius 1 is 0.864 bits per heavy atom. The van der Waals surface area contributed by atoms with Gasteiger partial charge >= 0.3 is 0 Å². The number of pyridine rings is 1. The minimum absolute atomic E-state index is 0.103. The molecule has 0 bridgehead atoms. The number of aromatic nitrogens is 1. The molecule has 2 heteroatoms. The van der Waals surface area contributed by atoms with Gasteiger partial charge in [0.25, 0.3) is 5.56 Å². The van der Waals surface area contributed by atoms with Gasteiger partial charge in [0.1, 0.15) is 0 Å². The summed E-state index contributed by atoms with van der Waals surface area (Å²) >= 11 is 0. The lowest BCUT2D eigenvalue weighted by Gasteiger charge is -2.13. The summed E-state index contributed by atoms with van der Waals surface area (Å²) in [6.07, 6.45) is 9.14. The van der Waals surface area contributed by atoms with E-state index in [0.717, 1.165) is 53.9 Å². The molecule has 0 aliphatic heterocycles. The van der Waals surface area contributed by atoms with Crippen molar-refractivity contribution in [1.29, 1.82) is 0 Å². The van der Waals surface area contributed by atoms with Gasteiger partial charge in [-0.3, -0.25) is 4.79 Å². The molecule has 22 heavy (non-hydrogen) atoms. The van der Waals surface area contributed by atoms with Crippen molar-refractivity contribution in [2.45, 2.75) is 32.2 Å². The van der Waals surface area contributed by atoms with Crippen LogP contribution < -0.4 is 5.56 Å². The lowest BCUT2D eigenvalue weighted by molar-refractivity contribution is 0.595. The maximum atomic E-state index is 12.8. The number of benzene rings is 2. The first-order valence-electron chi connectivity index (χ1n) is 7.76. The van der Waals surface area contributed by atoms with E-state index >= 15 is 0 Å². The molecular formula is C20H19NO. The van der Waals surface area contributed by atoms with Crippen LogP contribution in [0.25, 0.3) is 21.7 Å². The zero-order valence-corrected chi connectivity index (χ0v) is 12.6. The molecule has 0 aliphatic carbocycles. The van der Waals surface area contributed by atoms with Crippen LogP contribution in [0, 0.1) is 12.3 Å². The highest BCUT2D eigenvalue weighted by atomic mass is 16.1. The molecule has 0 amide bonds. The van der Waals surface area contributed by atoms with Crippen molar-refractivity contribution in [3.05, 3.63) is 58.9 Å². The second kappa shape index (κ2) is 6.49. The molecule has 0 atom stereocenters. The predicted molar refractivity (Wildman–Crippen MR) is 93.0 cm³/mol. The molecule has 2 nitrogen and oxygen atoms in total. The average molecular weight is 289 g/mol. The number of fused-ring (bicyclic) bond motifs is 3. The Morgan fingerprint density at radius 2 is 1.55 bits per heavy atom. The van der Waals surface area contributed by atoms with Crippen molar-refractivity contribution >= 4 is 21.7 Å². The minimum atomic E-state index is 0.103. The van der Waals surface area contributed by atoms with E-state index in [0.29, 0.717) is 0 Å². The van der Waals surface area contributed by atoms with Crippen molar-refractivity contribution in [2.75, 3.05) is 0 Å². The monoisotopic (exact) mass is 289 g/mol. The molecule has 3 aromatic rings. The molecule has 0 spiro atoms. The van der Waals surface area contributed by atoms with Crippen molar-refractivity contribution in [2.24, 2.45) is 0 Å². The van der Waals surface area contributed by atoms with E-state index in [1.54, 1.807) is 0 Å². The first-order chi connectivity index (χ1) is 10.8. The first-order valence-corrected chi connectivity index (χ1v) is 7.76. The van der Waals surface area contributed by atoms with Crippen molar-refractivity contribution in [3.8, 4) is 12.3 Å². The number of hydrogen-bond acceptors (Lipinski definition) is 1. The highest BCUT2D eigenvalue weighted by Gasteiger charge is 2.09. The zero-order valence-electron chi connectivity index (χ0n) is 12.6. The third-order valence-electron chi connectivity index (χ3n) is 4.09. The van der Waals surface area contributed by atoms with E-state index < -0.39 is 0 Å². The van der Waals surface area contributed by atoms with E-state index in [1.807, 2.05) is 47.0 Å². The van der Waals surface area contributed by atoms with Gasteiger partial charge in [-0.1, -0.05) is 42.8 Å². The molecule has 0 fully saturated rings. The molecule has 3 rings (SSSR count). The van der Waals surface area contributed by atoms with Crippen LogP contribution in [0.5, 0.6) is 0 Å². The number of aryl methyl sites for hydroxylation is 1. The number of rotatable bonds is 5. The SMILES string of the molecule is C#CCCCCCn1c(=O)c2ccccc2c2ccccc21. The van der Waals surface area contributed by atoms with Gasteiger partial charge in [0.15, 0.2) is 0 Å². The number of nitrogens with zero attached hydrogens (tertiary/aromatic N) is 1. The van der Waals surface area contributed by atoms with E-state index in [1.165, 1.54) is 0 Å². The Bertz CT molecular complexity index is 899. The lowest BCUT2D eigenvalue weighted by Crippen LogP contribution is -2.21. The zero-order chi connectivity index (χ0) is 15.4. The van der Waals surface area contributed by atoms with E-state index in [9.17, 15) is 4.79 Å². The fraction of sp³-hybridized carbons (Fsp3) is 0.250. The molecule has 0 saturated carbocycles. The van der Waals surface area contributed by atoms with Crippen molar-refractivity contribution in [1.82, 2.24) is 4.57 Å². The highest BCUT2D eigenvalue weighted by Crippen LogP contribution is 2.22. The molecule has 0 unspecified atom stereocenters. The number of unbranched alkanes of at least 4 members (excludes halogenated alkanes) is 3. The van der Waals surface area contributed by atoms with Crippen LogP contribution >= 0.6 is 0 Å². The Kier molecular flexibility index (Phi) is 4.25. The predicted octanol–water partition coefficient (Wildman–Crippen LogP) is 4.35. The number of terminal acetylenes is 1. The fourth-order valence-corrected chi connectivity index (χ4v) is 2.99. The highest BCUT2D eigenvalue weighted by molar-refractivity contribution is 6.05. The maximum absolute atomic E-state index is 12.8. The quantitative estimate of drug-likeness (QED) is 0.389. The summed E-state index contributed by atoms with van der Waals surface area (Å²) in [5, 5.41) is 2.97. The summed E-state index contributed by atoms with van der Waals surface area (Å²) < 4.78 is 1.91. The average Bonchev–Trinajstić information content (AvgIpc) is 2.57. The van der Waals surface area contributed by atoms with E-state index in [-0.39, 0.29) is 5.56 Å². The van der Waals surface area contributed by atoms with Crippen LogP contribution in [0.3, 0.4) is 0 Å². The summed E-state index contributed by atoms with van der Waals surface area (Å²) in [5.74, 6) is 2.66. The second-order valence-corrected chi connectivity index (χ2v) is 5.53. The van der Waals surface area contributed by atoms with Crippen LogP contribution in [0.15, 0.2) is 53.3 Å².